The average Bonchev–Trinajstić information content (AvgIpc) is 2.67. The molecule has 0 aliphatic heterocycles. The standard InChI is InChI=1S/C30H48O2/c1-9-32-30(31)23-29(8)22-28(7)21-13-20-27(6)19-12-18-26(5)17-11-16-25(4)15-10-14-24(2)3/h14,16,18,20,22-23H,9-13,15,17,19,21H2,1-8H3/b25-16+,26-18+,27-20+,28-22+,29-23+. The fraction of sp³-hybridized carbons (Fsp3) is 0.567. The van der Waals surface area contributed by atoms with Crippen LogP contribution < -0.4 is 0 Å². The van der Waals surface area contributed by atoms with Crippen molar-refractivity contribution >= 4 is 5.97 Å². The third kappa shape index (κ3) is 18.7. The van der Waals surface area contributed by atoms with Crippen LogP contribution in [0.2, 0.25) is 0 Å². The Balaban J connectivity index is 4.26. The summed E-state index contributed by atoms with van der Waals surface area (Å²) >= 11 is 0. The highest BCUT2D eigenvalue weighted by Gasteiger charge is 1.98. The van der Waals surface area contributed by atoms with E-state index in [4.69, 9.17) is 4.74 Å². The maximum Gasteiger partial charge on any atom is 0.330 e. The lowest BCUT2D eigenvalue weighted by atomic mass is 10.0. The van der Waals surface area contributed by atoms with Gasteiger partial charge in [-0.2, -0.15) is 0 Å². The number of hydrogen-bond donors (Lipinski definition) is 0. The zero-order valence-corrected chi connectivity index (χ0v) is 22.1. The molecule has 0 atom stereocenters. The summed E-state index contributed by atoms with van der Waals surface area (Å²) < 4.78 is 4.95. The molecule has 0 aromatic rings. The number of hydrogen-bond acceptors (Lipinski definition) is 2. The van der Waals surface area contributed by atoms with E-state index in [0.29, 0.717) is 6.61 Å². The Hall–Kier alpha value is -2.09. The Morgan fingerprint density at radius 3 is 1.41 bits per heavy atom. The molecule has 0 rings (SSSR count). The Kier molecular flexibility index (Phi) is 17.3. The molecule has 0 amide bonds. The van der Waals surface area contributed by atoms with Gasteiger partial charge in [-0.25, -0.2) is 4.79 Å². The number of allylic oxidation sites excluding steroid dienone is 11. The van der Waals surface area contributed by atoms with Gasteiger partial charge in [0.15, 0.2) is 0 Å². The van der Waals surface area contributed by atoms with Gasteiger partial charge < -0.3 is 4.74 Å². The van der Waals surface area contributed by atoms with E-state index < -0.39 is 0 Å². The van der Waals surface area contributed by atoms with Crippen molar-refractivity contribution in [1.82, 2.24) is 0 Å². The van der Waals surface area contributed by atoms with Gasteiger partial charge in [0, 0.05) is 6.08 Å². The predicted molar refractivity (Wildman–Crippen MR) is 142 cm³/mol. The third-order valence-corrected chi connectivity index (χ3v) is 5.29. The van der Waals surface area contributed by atoms with Gasteiger partial charge >= 0.3 is 5.97 Å². The summed E-state index contributed by atoms with van der Waals surface area (Å²) in [5, 5.41) is 0. The summed E-state index contributed by atoms with van der Waals surface area (Å²) in [7, 11) is 0. The second-order valence-corrected chi connectivity index (χ2v) is 9.22. The molecule has 2 nitrogen and oxygen atoms in total. The molecule has 0 saturated heterocycles. The lowest BCUT2D eigenvalue weighted by molar-refractivity contribution is -0.137. The first kappa shape index (κ1) is 29.9. The molecular weight excluding hydrogens is 392 g/mol. The first-order valence-corrected chi connectivity index (χ1v) is 12.3. The summed E-state index contributed by atoms with van der Waals surface area (Å²) in [6.45, 7) is 17.4. The summed E-state index contributed by atoms with van der Waals surface area (Å²) in [4.78, 5) is 11.5. The molecule has 2 heteroatoms. The molecule has 0 unspecified atom stereocenters. The van der Waals surface area contributed by atoms with Gasteiger partial charge in [-0.05, 0) is 112 Å². The Labute approximate surface area is 198 Å². The zero-order valence-electron chi connectivity index (χ0n) is 22.1. The Morgan fingerprint density at radius 1 is 0.594 bits per heavy atom. The normalized spacial score (nSPS) is 13.9. The van der Waals surface area contributed by atoms with Crippen LogP contribution in [-0.4, -0.2) is 12.6 Å². The van der Waals surface area contributed by atoms with Crippen LogP contribution in [0, 0.1) is 0 Å². The van der Waals surface area contributed by atoms with E-state index in [9.17, 15) is 4.79 Å². The van der Waals surface area contributed by atoms with Crippen LogP contribution in [-0.2, 0) is 9.53 Å². The fourth-order valence-corrected chi connectivity index (χ4v) is 3.41. The summed E-state index contributed by atoms with van der Waals surface area (Å²) in [5.41, 5.74) is 8.09. The molecule has 0 aromatic carbocycles. The molecule has 0 radical (unpaired) electrons. The van der Waals surface area contributed by atoms with Crippen molar-refractivity contribution < 1.29 is 9.53 Å². The van der Waals surface area contributed by atoms with Crippen LogP contribution in [0.5, 0.6) is 0 Å². The minimum atomic E-state index is -0.265. The number of carbonyl (C=O) groups excluding carboxylic acids is 1. The topological polar surface area (TPSA) is 26.3 Å². The Bertz CT molecular complexity index is 735. The maximum atomic E-state index is 11.5. The fourth-order valence-electron chi connectivity index (χ4n) is 3.41. The second-order valence-electron chi connectivity index (χ2n) is 9.22. The van der Waals surface area contributed by atoms with E-state index in [1.807, 2.05) is 13.8 Å². The van der Waals surface area contributed by atoms with Crippen molar-refractivity contribution in [2.45, 2.75) is 107 Å². The van der Waals surface area contributed by atoms with Crippen LogP contribution >= 0.6 is 0 Å². The molecule has 0 aliphatic carbocycles. The minimum absolute atomic E-state index is 0.265. The minimum Gasteiger partial charge on any atom is -0.463 e. The van der Waals surface area contributed by atoms with Crippen molar-refractivity contribution in [2.24, 2.45) is 0 Å². The first-order chi connectivity index (χ1) is 15.1. The van der Waals surface area contributed by atoms with Crippen LogP contribution in [0.25, 0.3) is 0 Å². The van der Waals surface area contributed by atoms with Gasteiger partial charge in [0.05, 0.1) is 6.61 Å². The summed E-state index contributed by atoms with van der Waals surface area (Å²) in [6, 6.07) is 0. The van der Waals surface area contributed by atoms with Crippen LogP contribution in [0.15, 0.2) is 69.9 Å². The van der Waals surface area contributed by atoms with Gasteiger partial charge in [-0.3, -0.25) is 0 Å². The van der Waals surface area contributed by atoms with Gasteiger partial charge in [0.25, 0.3) is 0 Å². The van der Waals surface area contributed by atoms with Crippen molar-refractivity contribution in [3.05, 3.63) is 69.9 Å². The van der Waals surface area contributed by atoms with Crippen molar-refractivity contribution in [3.8, 4) is 0 Å². The SMILES string of the molecule is CCOC(=O)/C=C(C)/C=C(\C)CC/C=C(\C)CC/C=C(\C)CC/C=C(\C)CCC=C(C)C. The highest BCUT2D eigenvalue weighted by molar-refractivity contribution is 5.83. The zero-order chi connectivity index (χ0) is 24.4. The van der Waals surface area contributed by atoms with Crippen LogP contribution in [0.1, 0.15) is 107 Å². The largest absolute Gasteiger partial charge is 0.463 e. The monoisotopic (exact) mass is 440 g/mol. The van der Waals surface area contributed by atoms with Gasteiger partial charge in [-0.15, -0.1) is 0 Å². The van der Waals surface area contributed by atoms with Gasteiger partial charge in [0.2, 0.25) is 0 Å². The van der Waals surface area contributed by atoms with Gasteiger partial charge in [0.1, 0.15) is 0 Å². The molecule has 0 bridgehead atoms. The summed E-state index contributed by atoms with van der Waals surface area (Å²) in [6.07, 6.45) is 22.0. The highest BCUT2D eigenvalue weighted by atomic mass is 16.5. The number of ether oxygens (including phenoxy) is 1. The van der Waals surface area contributed by atoms with Crippen molar-refractivity contribution in [3.63, 3.8) is 0 Å². The maximum absolute atomic E-state index is 11.5. The Morgan fingerprint density at radius 2 is 1.00 bits per heavy atom. The molecular formula is C30H48O2. The third-order valence-electron chi connectivity index (χ3n) is 5.29. The number of carbonyl (C=O) groups is 1. The van der Waals surface area contributed by atoms with Crippen LogP contribution in [0.3, 0.4) is 0 Å². The van der Waals surface area contributed by atoms with E-state index in [-0.39, 0.29) is 5.97 Å². The second kappa shape index (κ2) is 18.5. The van der Waals surface area contributed by atoms with Gasteiger partial charge in [-0.1, -0.05) is 58.2 Å². The average molecular weight is 441 g/mol. The molecule has 32 heavy (non-hydrogen) atoms. The van der Waals surface area contributed by atoms with Crippen LogP contribution in [0.4, 0.5) is 0 Å². The molecule has 0 heterocycles. The highest BCUT2D eigenvalue weighted by Crippen LogP contribution is 2.15. The summed E-state index contributed by atoms with van der Waals surface area (Å²) in [5.74, 6) is -0.265. The smallest absolute Gasteiger partial charge is 0.330 e. The lowest BCUT2D eigenvalue weighted by Gasteiger charge is -2.03. The quantitative estimate of drug-likeness (QED) is 0.110. The van der Waals surface area contributed by atoms with E-state index >= 15 is 0 Å². The predicted octanol–water partition coefficient (Wildman–Crippen LogP) is 9.37. The number of esters is 1. The van der Waals surface area contributed by atoms with Crippen molar-refractivity contribution in [1.29, 1.82) is 0 Å². The molecule has 0 saturated carbocycles. The molecule has 0 fully saturated rings. The lowest BCUT2D eigenvalue weighted by Crippen LogP contribution is -1.99. The molecule has 0 aliphatic rings. The first-order valence-electron chi connectivity index (χ1n) is 12.3. The molecule has 0 spiro atoms. The van der Waals surface area contributed by atoms with E-state index in [2.05, 4.69) is 71.9 Å². The van der Waals surface area contributed by atoms with E-state index in [1.165, 1.54) is 34.3 Å². The molecule has 0 N–H and O–H groups in total. The number of rotatable bonds is 15. The molecule has 180 valence electrons. The van der Waals surface area contributed by atoms with Crippen molar-refractivity contribution in [2.75, 3.05) is 6.61 Å². The van der Waals surface area contributed by atoms with E-state index in [1.54, 1.807) is 6.08 Å². The molecule has 0 aromatic heterocycles. The van der Waals surface area contributed by atoms with E-state index in [0.717, 1.165) is 50.5 Å².